The summed E-state index contributed by atoms with van der Waals surface area (Å²) < 4.78 is 27.3. The Hall–Kier alpha value is -1.93. The van der Waals surface area contributed by atoms with E-state index >= 15 is 0 Å². The van der Waals surface area contributed by atoms with E-state index in [-0.39, 0.29) is 43.3 Å². The van der Waals surface area contributed by atoms with E-state index in [0.29, 0.717) is 24.5 Å². The van der Waals surface area contributed by atoms with Gasteiger partial charge in [0.2, 0.25) is 21.8 Å². The molecule has 0 N–H and O–H groups in total. The van der Waals surface area contributed by atoms with E-state index in [1.807, 2.05) is 33.8 Å². The van der Waals surface area contributed by atoms with Crippen molar-refractivity contribution < 1.29 is 18.0 Å². The number of likely N-dealkylation sites (tertiary alicyclic amines) is 1. The van der Waals surface area contributed by atoms with Crippen molar-refractivity contribution in [3.05, 3.63) is 29.3 Å². The Morgan fingerprint density at radius 1 is 1.07 bits per heavy atom. The maximum Gasteiger partial charge on any atom is 0.243 e. The van der Waals surface area contributed by atoms with Gasteiger partial charge in [0.15, 0.2) is 0 Å². The molecule has 2 saturated heterocycles. The van der Waals surface area contributed by atoms with Crippen LogP contribution in [0.1, 0.15) is 31.4 Å². The molecule has 7 nitrogen and oxygen atoms in total. The predicted octanol–water partition coefficient (Wildman–Crippen LogP) is 1.39. The Morgan fingerprint density at radius 2 is 1.71 bits per heavy atom. The average molecular weight is 408 g/mol. The zero-order chi connectivity index (χ0) is 20.6. The van der Waals surface area contributed by atoms with E-state index in [1.54, 1.807) is 21.9 Å². The minimum Gasteiger partial charge on any atom is -0.340 e. The summed E-state index contributed by atoms with van der Waals surface area (Å²) in [6.45, 7) is 9.45. The Morgan fingerprint density at radius 3 is 2.25 bits per heavy atom. The van der Waals surface area contributed by atoms with Crippen molar-refractivity contribution in [2.45, 2.75) is 45.1 Å². The number of amides is 2. The van der Waals surface area contributed by atoms with Gasteiger partial charge >= 0.3 is 0 Å². The maximum atomic E-state index is 12.9. The first-order chi connectivity index (χ1) is 13.1. The number of benzene rings is 1. The van der Waals surface area contributed by atoms with Gasteiger partial charge in [0.1, 0.15) is 0 Å². The molecule has 2 fully saturated rings. The molecule has 2 heterocycles. The fourth-order valence-electron chi connectivity index (χ4n) is 3.83. The lowest BCUT2D eigenvalue weighted by Gasteiger charge is -2.35. The molecule has 3 rings (SSSR count). The molecule has 2 aliphatic heterocycles. The molecular formula is C20H29N3O4S. The summed E-state index contributed by atoms with van der Waals surface area (Å²) in [5.41, 5.74) is 1.99. The average Bonchev–Trinajstić information content (AvgIpc) is 3.05. The van der Waals surface area contributed by atoms with E-state index < -0.39 is 10.0 Å². The van der Waals surface area contributed by atoms with Crippen molar-refractivity contribution >= 4 is 21.8 Å². The van der Waals surface area contributed by atoms with Gasteiger partial charge in [0.05, 0.1) is 10.8 Å². The molecule has 0 saturated carbocycles. The molecule has 1 aromatic rings. The van der Waals surface area contributed by atoms with Crippen molar-refractivity contribution in [2.75, 3.05) is 32.7 Å². The van der Waals surface area contributed by atoms with Crippen molar-refractivity contribution in [3.8, 4) is 0 Å². The largest absolute Gasteiger partial charge is 0.340 e. The smallest absolute Gasteiger partial charge is 0.243 e. The second-order valence-corrected chi connectivity index (χ2v) is 9.95. The van der Waals surface area contributed by atoms with Crippen LogP contribution in [0.15, 0.2) is 23.1 Å². The minimum absolute atomic E-state index is 0.0179. The first-order valence-electron chi connectivity index (χ1n) is 9.77. The van der Waals surface area contributed by atoms with Gasteiger partial charge in [-0.2, -0.15) is 4.31 Å². The predicted molar refractivity (Wildman–Crippen MR) is 106 cm³/mol. The van der Waals surface area contributed by atoms with Crippen LogP contribution in [0.4, 0.5) is 0 Å². The number of hydrogen-bond donors (Lipinski definition) is 0. The van der Waals surface area contributed by atoms with E-state index in [9.17, 15) is 18.0 Å². The summed E-state index contributed by atoms with van der Waals surface area (Å²) in [5, 5.41) is 0. The number of hydrogen-bond acceptors (Lipinski definition) is 4. The van der Waals surface area contributed by atoms with Gasteiger partial charge in [-0.15, -0.1) is 0 Å². The number of piperazine rings is 1. The molecule has 154 valence electrons. The Balaban J connectivity index is 1.63. The van der Waals surface area contributed by atoms with Gasteiger partial charge in [-0.05, 0) is 51.0 Å². The number of carbonyl (C=O) groups is 2. The van der Waals surface area contributed by atoms with Gasteiger partial charge in [-0.1, -0.05) is 6.07 Å². The molecule has 1 unspecified atom stereocenters. The molecule has 2 aliphatic rings. The first-order valence-corrected chi connectivity index (χ1v) is 11.2. The fraction of sp³-hybridized carbons (Fsp3) is 0.600. The van der Waals surface area contributed by atoms with Crippen LogP contribution in [0.25, 0.3) is 0 Å². The van der Waals surface area contributed by atoms with Crippen molar-refractivity contribution in [1.82, 2.24) is 14.1 Å². The molecule has 8 heteroatoms. The van der Waals surface area contributed by atoms with Crippen molar-refractivity contribution in [2.24, 2.45) is 5.92 Å². The zero-order valence-electron chi connectivity index (χ0n) is 17.0. The van der Waals surface area contributed by atoms with Crippen molar-refractivity contribution in [3.63, 3.8) is 0 Å². The lowest BCUT2D eigenvalue weighted by molar-refractivity contribution is -0.137. The van der Waals surface area contributed by atoms with Crippen LogP contribution in [0.5, 0.6) is 0 Å². The molecule has 0 radical (unpaired) electrons. The second kappa shape index (κ2) is 7.83. The normalized spacial score (nSPS) is 21.6. The topological polar surface area (TPSA) is 78.0 Å². The standard InChI is InChI=1S/C20H29N3O4S/c1-14(2)23-13-17(12-19(23)24)20(25)21-7-9-22(10-8-21)28(26,27)18-6-5-15(3)16(4)11-18/h5-6,11,14,17H,7-10,12-13H2,1-4H3. The van der Waals surface area contributed by atoms with Crippen LogP contribution in [0.2, 0.25) is 0 Å². The van der Waals surface area contributed by atoms with E-state index in [2.05, 4.69) is 0 Å². The summed E-state index contributed by atoms with van der Waals surface area (Å²) in [6, 6.07) is 5.25. The van der Waals surface area contributed by atoms with Crippen LogP contribution >= 0.6 is 0 Å². The van der Waals surface area contributed by atoms with Crippen molar-refractivity contribution in [1.29, 1.82) is 0 Å². The highest BCUT2D eigenvalue weighted by Gasteiger charge is 2.39. The lowest BCUT2D eigenvalue weighted by Crippen LogP contribution is -2.52. The number of nitrogens with zero attached hydrogens (tertiary/aromatic N) is 3. The summed E-state index contributed by atoms with van der Waals surface area (Å²) in [7, 11) is -3.57. The second-order valence-electron chi connectivity index (χ2n) is 8.02. The van der Waals surface area contributed by atoms with E-state index in [1.165, 1.54) is 4.31 Å². The highest BCUT2D eigenvalue weighted by atomic mass is 32.2. The zero-order valence-corrected chi connectivity index (χ0v) is 17.8. The highest BCUT2D eigenvalue weighted by molar-refractivity contribution is 7.89. The summed E-state index contributed by atoms with van der Waals surface area (Å²) in [4.78, 5) is 28.6. The molecule has 0 aliphatic carbocycles. The Bertz CT molecular complexity index is 873. The maximum absolute atomic E-state index is 12.9. The molecule has 28 heavy (non-hydrogen) atoms. The number of rotatable bonds is 4. The molecule has 0 bridgehead atoms. The SMILES string of the molecule is Cc1ccc(S(=O)(=O)N2CCN(C(=O)C3CC(=O)N(C(C)C)C3)CC2)cc1C. The van der Waals surface area contributed by atoms with Gasteiger partial charge in [0, 0.05) is 45.2 Å². The fourth-order valence-corrected chi connectivity index (χ4v) is 5.33. The van der Waals surface area contributed by atoms with Crippen LogP contribution in [0, 0.1) is 19.8 Å². The number of aryl methyl sites for hydroxylation is 2. The first kappa shape index (κ1) is 20.8. The third kappa shape index (κ3) is 3.93. The monoisotopic (exact) mass is 407 g/mol. The highest BCUT2D eigenvalue weighted by Crippen LogP contribution is 2.24. The van der Waals surface area contributed by atoms with Crippen LogP contribution in [-0.4, -0.2) is 73.1 Å². The van der Waals surface area contributed by atoms with Crippen LogP contribution < -0.4 is 0 Å². The van der Waals surface area contributed by atoms with Gasteiger partial charge in [0.25, 0.3) is 0 Å². The van der Waals surface area contributed by atoms with E-state index in [0.717, 1.165) is 11.1 Å². The number of sulfonamides is 1. The number of carbonyl (C=O) groups excluding carboxylic acids is 2. The van der Waals surface area contributed by atoms with Gasteiger partial charge < -0.3 is 9.80 Å². The minimum atomic E-state index is -3.57. The summed E-state index contributed by atoms with van der Waals surface area (Å²) in [6.07, 6.45) is 0.248. The Labute approximate surface area is 167 Å². The van der Waals surface area contributed by atoms with Crippen LogP contribution in [0.3, 0.4) is 0 Å². The van der Waals surface area contributed by atoms with Crippen LogP contribution in [-0.2, 0) is 19.6 Å². The summed E-state index contributed by atoms with van der Waals surface area (Å²) >= 11 is 0. The quantitative estimate of drug-likeness (QED) is 0.756. The molecule has 1 aromatic carbocycles. The third-order valence-electron chi connectivity index (χ3n) is 5.80. The van der Waals surface area contributed by atoms with Gasteiger partial charge in [-0.25, -0.2) is 8.42 Å². The van der Waals surface area contributed by atoms with E-state index in [4.69, 9.17) is 0 Å². The lowest BCUT2D eigenvalue weighted by atomic mass is 10.1. The molecule has 2 amide bonds. The van der Waals surface area contributed by atoms with Gasteiger partial charge in [-0.3, -0.25) is 9.59 Å². The molecule has 0 spiro atoms. The molecule has 1 atom stereocenters. The molecule has 0 aromatic heterocycles. The Kier molecular flexibility index (Phi) is 5.82. The third-order valence-corrected chi connectivity index (χ3v) is 7.69. The molecular weight excluding hydrogens is 378 g/mol. The summed E-state index contributed by atoms with van der Waals surface area (Å²) in [5.74, 6) is -0.346.